The highest BCUT2D eigenvalue weighted by atomic mass is 32.2. The first-order valence-corrected chi connectivity index (χ1v) is 8.81. The van der Waals surface area contributed by atoms with Crippen LogP contribution >= 0.6 is 11.8 Å². The third-order valence-corrected chi connectivity index (χ3v) is 5.08. The lowest BCUT2D eigenvalue weighted by atomic mass is 10.2. The summed E-state index contributed by atoms with van der Waals surface area (Å²) in [5.74, 6) is -0.0569. The first-order valence-electron chi connectivity index (χ1n) is 7.87. The van der Waals surface area contributed by atoms with E-state index in [9.17, 15) is 14.0 Å². The van der Waals surface area contributed by atoms with Crippen molar-refractivity contribution in [3.63, 3.8) is 0 Å². The molecule has 6 heteroatoms. The van der Waals surface area contributed by atoms with Gasteiger partial charge in [-0.05, 0) is 18.9 Å². The predicted octanol–water partition coefficient (Wildman–Crippen LogP) is 2.95. The van der Waals surface area contributed by atoms with Crippen LogP contribution in [0.25, 0.3) is 0 Å². The Bertz CT molecular complexity index is 579. The molecule has 1 aromatic carbocycles. The molecule has 1 aliphatic heterocycles. The van der Waals surface area contributed by atoms with Gasteiger partial charge in [-0.15, -0.1) is 11.8 Å². The van der Waals surface area contributed by atoms with Crippen LogP contribution < -0.4 is 5.32 Å². The summed E-state index contributed by atoms with van der Waals surface area (Å²) in [6.45, 7) is 6.79. The molecular weight excluding hydrogens is 315 g/mol. The van der Waals surface area contributed by atoms with Crippen molar-refractivity contribution in [2.45, 2.75) is 37.8 Å². The lowest BCUT2D eigenvalue weighted by Crippen LogP contribution is -2.35. The van der Waals surface area contributed by atoms with Gasteiger partial charge in [-0.1, -0.05) is 32.0 Å². The molecule has 1 N–H and O–H groups in total. The van der Waals surface area contributed by atoms with E-state index < -0.39 is 0 Å². The van der Waals surface area contributed by atoms with Crippen LogP contribution in [-0.2, 0) is 9.59 Å². The van der Waals surface area contributed by atoms with Crippen LogP contribution in [0, 0.1) is 11.7 Å². The zero-order chi connectivity index (χ0) is 17.0. The quantitative estimate of drug-likeness (QED) is 0.867. The first kappa shape index (κ1) is 17.8. The molecule has 2 rings (SSSR count). The molecule has 0 radical (unpaired) electrons. The van der Waals surface area contributed by atoms with E-state index in [0.29, 0.717) is 24.6 Å². The fourth-order valence-corrected chi connectivity index (χ4v) is 3.78. The van der Waals surface area contributed by atoms with Gasteiger partial charge in [0.2, 0.25) is 11.8 Å². The lowest BCUT2D eigenvalue weighted by Gasteiger charge is -2.24. The normalized spacial score (nSPS) is 21.1. The van der Waals surface area contributed by atoms with Crippen molar-refractivity contribution >= 4 is 23.6 Å². The number of nitrogens with zero attached hydrogens (tertiary/aromatic N) is 1. The molecule has 1 aliphatic rings. The van der Waals surface area contributed by atoms with E-state index in [-0.39, 0.29) is 34.7 Å². The first-order chi connectivity index (χ1) is 10.9. The Labute approximate surface area is 140 Å². The van der Waals surface area contributed by atoms with Crippen LogP contribution in [0.15, 0.2) is 24.3 Å². The van der Waals surface area contributed by atoms with E-state index in [1.807, 2.05) is 20.8 Å². The fraction of sp³-hybridized carbons (Fsp3) is 0.529. The number of rotatable bonds is 6. The van der Waals surface area contributed by atoms with Crippen molar-refractivity contribution < 1.29 is 14.0 Å². The number of carbonyl (C=O) groups excluding carboxylic acids is 2. The highest BCUT2D eigenvalue weighted by molar-refractivity contribution is 8.01. The molecule has 0 saturated carbocycles. The summed E-state index contributed by atoms with van der Waals surface area (Å²) in [5.41, 5.74) is 0.498. The molecule has 0 unspecified atom stereocenters. The van der Waals surface area contributed by atoms with Gasteiger partial charge >= 0.3 is 0 Å². The standard InChI is InChI=1S/C17H23FN2O2S/c1-11(2)10-19-15(21)8-9-20-16(22)12(3)23-17(20)13-6-4-5-7-14(13)18/h4-7,11-12,17H,8-10H2,1-3H3,(H,19,21)/t12-,17+/m0/s1. The lowest BCUT2D eigenvalue weighted by molar-refractivity contribution is -0.130. The number of carbonyl (C=O) groups is 2. The Morgan fingerprint density at radius 1 is 1.39 bits per heavy atom. The van der Waals surface area contributed by atoms with Gasteiger partial charge in [0.15, 0.2) is 0 Å². The molecule has 23 heavy (non-hydrogen) atoms. The molecule has 1 fully saturated rings. The van der Waals surface area contributed by atoms with E-state index in [0.717, 1.165) is 0 Å². The molecule has 0 bridgehead atoms. The minimum atomic E-state index is -0.364. The second kappa shape index (κ2) is 7.81. The summed E-state index contributed by atoms with van der Waals surface area (Å²) < 4.78 is 14.0. The number of nitrogens with one attached hydrogen (secondary N) is 1. The maximum Gasteiger partial charge on any atom is 0.236 e. The molecule has 1 saturated heterocycles. The molecule has 1 aromatic rings. The van der Waals surface area contributed by atoms with Gasteiger partial charge in [-0.3, -0.25) is 9.59 Å². The minimum absolute atomic E-state index is 0.0417. The van der Waals surface area contributed by atoms with Crippen LogP contribution in [0.1, 0.15) is 38.1 Å². The maximum absolute atomic E-state index is 14.0. The van der Waals surface area contributed by atoms with E-state index in [2.05, 4.69) is 5.32 Å². The molecule has 0 aromatic heterocycles. The monoisotopic (exact) mass is 338 g/mol. The van der Waals surface area contributed by atoms with E-state index >= 15 is 0 Å². The van der Waals surface area contributed by atoms with Crippen molar-refractivity contribution in [1.29, 1.82) is 0 Å². The van der Waals surface area contributed by atoms with Crippen molar-refractivity contribution in [3.8, 4) is 0 Å². The van der Waals surface area contributed by atoms with Crippen molar-refractivity contribution in [3.05, 3.63) is 35.6 Å². The molecule has 1 heterocycles. The maximum atomic E-state index is 14.0. The van der Waals surface area contributed by atoms with Crippen LogP contribution in [0.3, 0.4) is 0 Å². The number of thioether (sulfide) groups is 1. The van der Waals surface area contributed by atoms with Gasteiger partial charge < -0.3 is 10.2 Å². The number of hydrogen-bond donors (Lipinski definition) is 1. The smallest absolute Gasteiger partial charge is 0.236 e. The summed E-state index contributed by atoms with van der Waals surface area (Å²) in [7, 11) is 0. The van der Waals surface area contributed by atoms with Crippen LogP contribution in [0.2, 0.25) is 0 Å². The van der Waals surface area contributed by atoms with Crippen LogP contribution in [-0.4, -0.2) is 35.1 Å². The number of halogens is 1. The van der Waals surface area contributed by atoms with Gasteiger partial charge in [0.25, 0.3) is 0 Å². The Kier molecular flexibility index (Phi) is 6.04. The zero-order valence-corrected chi connectivity index (χ0v) is 14.5. The van der Waals surface area contributed by atoms with Gasteiger partial charge in [-0.2, -0.15) is 0 Å². The van der Waals surface area contributed by atoms with Crippen LogP contribution in [0.5, 0.6) is 0 Å². The third kappa shape index (κ3) is 4.47. The summed E-state index contributed by atoms with van der Waals surface area (Å²) in [4.78, 5) is 25.8. The third-order valence-electron chi connectivity index (χ3n) is 3.71. The zero-order valence-electron chi connectivity index (χ0n) is 13.7. The molecule has 2 atom stereocenters. The topological polar surface area (TPSA) is 49.4 Å². The van der Waals surface area contributed by atoms with Crippen molar-refractivity contribution in [2.24, 2.45) is 5.92 Å². The SMILES string of the molecule is CC(C)CNC(=O)CCN1C(=O)[C@H](C)S[C@@H]1c1ccccc1F. The van der Waals surface area contributed by atoms with Crippen molar-refractivity contribution in [2.75, 3.05) is 13.1 Å². The Morgan fingerprint density at radius 2 is 2.09 bits per heavy atom. The Hall–Kier alpha value is -1.56. The summed E-state index contributed by atoms with van der Waals surface area (Å²) in [6.07, 6.45) is 0.233. The van der Waals surface area contributed by atoms with Gasteiger partial charge in [0.05, 0.1) is 5.25 Å². The summed E-state index contributed by atoms with van der Waals surface area (Å²) >= 11 is 1.42. The van der Waals surface area contributed by atoms with E-state index in [1.165, 1.54) is 17.8 Å². The molecule has 0 aliphatic carbocycles. The average Bonchev–Trinajstić information content (AvgIpc) is 2.79. The largest absolute Gasteiger partial charge is 0.356 e. The van der Waals surface area contributed by atoms with Crippen molar-refractivity contribution in [1.82, 2.24) is 10.2 Å². The minimum Gasteiger partial charge on any atom is -0.356 e. The highest BCUT2D eigenvalue weighted by Crippen LogP contribution is 2.43. The average molecular weight is 338 g/mol. The molecule has 2 amide bonds. The number of hydrogen-bond acceptors (Lipinski definition) is 3. The predicted molar refractivity (Wildman–Crippen MR) is 90.4 cm³/mol. The second-order valence-electron chi connectivity index (χ2n) is 6.13. The molecule has 0 spiro atoms. The van der Waals surface area contributed by atoms with Crippen LogP contribution in [0.4, 0.5) is 4.39 Å². The van der Waals surface area contributed by atoms with Gasteiger partial charge in [-0.25, -0.2) is 4.39 Å². The molecular formula is C17H23FN2O2S. The van der Waals surface area contributed by atoms with Gasteiger partial charge in [0, 0.05) is 25.1 Å². The number of amides is 2. The van der Waals surface area contributed by atoms with E-state index in [4.69, 9.17) is 0 Å². The fourth-order valence-electron chi connectivity index (χ4n) is 2.45. The summed E-state index contributed by atoms with van der Waals surface area (Å²) in [6, 6.07) is 6.49. The second-order valence-corrected chi connectivity index (χ2v) is 7.56. The highest BCUT2D eigenvalue weighted by Gasteiger charge is 2.39. The van der Waals surface area contributed by atoms with E-state index in [1.54, 1.807) is 23.1 Å². The number of benzene rings is 1. The molecule has 4 nitrogen and oxygen atoms in total. The van der Waals surface area contributed by atoms with Gasteiger partial charge in [0.1, 0.15) is 11.2 Å². The Morgan fingerprint density at radius 3 is 2.74 bits per heavy atom. The Balaban J connectivity index is 2.04. The molecule has 126 valence electrons. The summed E-state index contributed by atoms with van der Waals surface area (Å²) in [5, 5.41) is 2.25.